The minimum absolute atomic E-state index is 0.109. The Morgan fingerprint density at radius 1 is 1.22 bits per heavy atom. The van der Waals surface area contributed by atoms with Crippen LogP contribution >= 0.6 is 11.6 Å². The standard InChI is InChI=1S/C21H23ClN4O/c1-4-17-19(21(27)24-13-15-8-7-11-23-12-15)20(14(2)3)25-26(17)18-10-6-5-9-16(18)22/h5-12,14H,4,13H2,1-3H3,(H,24,27). The van der Waals surface area contributed by atoms with Crippen molar-refractivity contribution < 1.29 is 4.79 Å². The molecule has 0 bridgehead atoms. The Balaban J connectivity index is 2.00. The highest BCUT2D eigenvalue weighted by Crippen LogP contribution is 2.28. The van der Waals surface area contributed by atoms with Crippen LogP contribution < -0.4 is 5.32 Å². The van der Waals surface area contributed by atoms with E-state index < -0.39 is 0 Å². The van der Waals surface area contributed by atoms with Crippen molar-refractivity contribution in [2.75, 3.05) is 0 Å². The number of halogens is 1. The van der Waals surface area contributed by atoms with Crippen molar-refractivity contribution in [2.45, 2.75) is 39.7 Å². The molecule has 0 radical (unpaired) electrons. The van der Waals surface area contributed by atoms with E-state index in [0.717, 1.165) is 22.6 Å². The van der Waals surface area contributed by atoms with Crippen molar-refractivity contribution in [3.05, 3.63) is 76.3 Å². The first-order chi connectivity index (χ1) is 13.0. The summed E-state index contributed by atoms with van der Waals surface area (Å²) in [5.74, 6) is -0.0177. The van der Waals surface area contributed by atoms with E-state index in [-0.39, 0.29) is 11.8 Å². The third kappa shape index (κ3) is 4.03. The van der Waals surface area contributed by atoms with Crippen molar-refractivity contribution in [3.8, 4) is 5.69 Å². The second kappa shape index (κ2) is 8.35. The van der Waals surface area contributed by atoms with Gasteiger partial charge in [-0.1, -0.05) is 50.6 Å². The molecule has 0 unspecified atom stereocenters. The number of nitrogens with one attached hydrogen (secondary N) is 1. The van der Waals surface area contributed by atoms with Gasteiger partial charge in [0.15, 0.2) is 0 Å². The van der Waals surface area contributed by atoms with E-state index >= 15 is 0 Å². The molecule has 0 fully saturated rings. The van der Waals surface area contributed by atoms with Gasteiger partial charge in [0, 0.05) is 18.9 Å². The molecular formula is C21H23ClN4O. The summed E-state index contributed by atoms with van der Waals surface area (Å²) in [5, 5.41) is 8.35. The zero-order valence-electron chi connectivity index (χ0n) is 15.7. The Bertz CT molecular complexity index is 935. The molecule has 2 aromatic heterocycles. The predicted molar refractivity (Wildman–Crippen MR) is 107 cm³/mol. The van der Waals surface area contributed by atoms with Crippen molar-refractivity contribution in [2.24, 2.45) is 0 Å². The second-order valence-electron chi connectivity index (χ2n) is 6.62. The lowest BCUT2D eigenvalue weighted by Crippen LogP contribution is -2.25. The van der Waals surface area contributed by atoms with Crippen LogP contribution in [0, 0.1) is 0 Å². The summed E-state index contributed by atoms with van der Waals surface area (Å²) >= 11 is 6.38. The molecule has 0 saturated carbocycles. The molecule has 6 heteroatoms. The molecule has 0 saturated heterocycles. The van der Waals surface area contributed by atoms with Gasteiger partial charge >= 0.3 is 0 Å². The number of para-hydroxylation sites is 1. The summed E-state index contributed by atoms with van der Waals surface area (Å²) in [4.78, 5) is 17.1. The summed E-state index contributed by atoms with van der Waals surface area (Å²) in [6.07, 6.45) is 4.13. The van der Waals surface area contributed by atoms with E-state index in [0.29, 0.717) is 23.6 Å². The molecule has 1 amide bonds. The van der Waals surface area contributed by atoms with Gasteiger partial charge in [0.2, 0.25) is 0 Å². The number of pyridine rings is 1. The maximum absolute atomic E-state index is 13.0. The van der Waals surface area contributed by atoms with Gasteiger partial charge in [-0.25, -0.2) is 4.68 Å². The van der Waals surface area contributed by atoms with E-state index in [4.69, 9.17) is 16.7 Å². The fourth-order valence-electron chi connectivity index (χ4n) is 3.05. The molecule has 3 rings (SSSR count). The van der Waals surface area contributed by atoms with Crippen LogP contribution in [0.5, 0.6) is 0 Å². The Morgan fingerprint density at radius 2 is 2.00 bits per heavy atom. The Labute approximate surface area is 164 Å². The molecule has 0 aliphatic rings. The maximum Gasteiger partial charge on any atom is 0.255 e. The van der Waals surface area contributed by atoms with E-state index in [1.54, 1.807) is 17.1 Å². The van der Waals surface area contributed by atoms with Crippen LogP contribution in [0.15, 0.2) is 48.8 Å². The number of amides is 1. The molecule has 2 heterocycles. The number of benzene rings is 1. The molecule has 1 aromatic carbocycles. The van der Waals surface area contributed by atoms with Crippen LogP contribution in [0.2, 0.25) is 5.02 Å². The molecule has 27 heavy (non-hydrogen) atoms. The largest absolute Gasteiger partial charge is 0.348 e. The predicted octanol–water partition coefficient (Wildman–Crippen LogP) is 4.54. The Morgan fingerprint density at radius 3 is 2.63 bits per heavy atom. The average molecular weight is 383 g/mol. The number of hydrogen-bond acceptors (Lipinski definition) is 3. The molecule has 3 aromatic rings. The van der Waals surface area contributed by atoms with Gasteiger partial charge in [-0.3, -0.25) is 9.78 Å². The monoisotopic (exact) mass is 382 g/mol. The van der Waals surface area contributed by atoms with Crippen molar-refractivity contribution in [1.29, 1.82) is 0 Å². The zero-order valence-corrected chi connectivity index (χ0v) is 16.5. The van der Waals surface area contributed by atoms with Gasteiger partial charge in [-0.05, 0) is 36.1 Å². The highest BCUT2D eigenvalue weighted by atomic mass is 35.5. The molecule has 140 valence electrons. The SMILES string of the molecule is CCc1c(C(=O)NCc2cccnc2)c(C(C)C)nn1-c1ccccc1Cl. The van der Waals surface area contributed by atoms with Crippen molar-refractivity contribution >= 4 is 17.5 Å². The first kappa shape index (κ1) is 19.1. The fraction of sp³-hybridized carbons (Fsp3) is 0.286. The van der Waals surface area contributed by atoms with Crippen molar-refractivity contribution in [1.82, 2.24) is 20.1 Å². The lowest BCUT2D eigenvalue weighted by molar-refractivity contribution is 0.0948. The van der Waals surface area contributed by atoms with Gasteiger partial charge in [0.05, 0.1) is 27.7 Å². The molecule has 0 atom stereocenters. The van der Waals surface area contributed by atoms with Crippen molar-refractivity contribution in [3.63, 3.8) is 0 Å². The summed E-state index contributed by atoms with van der Waals surface area (Å²) < 4.78 is 1.80. The van der Waals surface area contributed by atoms with Gasteiger partial charge in [-0.15, -0.1) is 0 Å². The Kier molecular flexibility index (Phi) is 5.91. The highest BCUT2D eigenvalue weighted by Gasteiger charge is 2.25. The van der Waals surface area contributed by atoms with Crippen LogP contribution in [-0.4, -0.2) is 20.7 Å². The number of aromatic nitrogens is 3. The molecule has 0 aliphatic carbocycles. The maximum atomic E-state index is 13.0. The van der Waals surface area contributed by atoms with Crippen LogP contribution in [0.4, 0.5) is 0 Å². The highest BCUT2D eigenvalue weighted by molar-refractivity contribution is 6.32. The van der Waals surface area contributed by atoms with Crippen LogP contribution in [0.3, 0.4) is 0 Å². The number of nitrogens with zero attached hydrogens (tertiary/aromatic N) is 3. The topological polar surface area (TPSA) is 59.8 Å². The van der Waals surface area contributed by atoms with Crippen LogP contribution in [0.1, 0.15) is 54.0 Å². The lowest BCUT2D eigenvalue weighted by atomic mass is 10.0. The summed E-state index contributed by atoms with van der Waals surface area (Å²) in [6.45, 7) is 6.52. The first-order valence-corrected chi connectivity index (χ1v) is 9.44. The van der Waals surface area contributed by atoms with E-state index in [9.17, 15) is 4.79 Å². The fourth-order valence-corrected chi connectivity index (χ4v) is 3.26. The van der Waals surface area contributed by atoms with Gasteiger partial charge in [0.25, 0.3) is 5.91 Å². The molecule has 5 nitrogen and oxygen atoms in total. The molecule has 1 N–H and O–H groups in total. The summed E-state index contributed by atoms with van der Waals surface area (Å²) in [7, 11) is 0. The smallest absolute Gasteiger partial charge is 0.255 e. The lowest BCUT2D eigenvalue weighted by Gasteiger charge is -2.10. The van der Waals surface area contributed by atoms with Crippen LogP contribution in [0.25, 0.3) is 5.69 Å². The van der Waals surface area contributed by atoms with E-state index in [2.05, 4.69) is 10.3 Å². The Hall–Kier alpha value is -2.66. The third-order valence-corrected chi connectivity index (χ3v) is 4.69. The second-order valence-corrected chi connectivity index (χ2v) is 7.03. The number of hydrogen-bond donors (Lipinski definition) is 1. The summed E-state index contributed by atoms with van der Waals surface area (Å²) in [5.41, 5.74) is 4.00. The molecular weight excluding hydrogens is 360 g/mol. The third-order valence-electron chi connectivity index (χ3n) is 4.37. The first-order valence-electron chi connectivity index (χ1n) is 9.06. The minimum Gasteiger partial charge on any atom is -0.348 e. The van der Waals surface area contributed by atoms with E-state index in [1.807, 2.05) is 57.2 Å². The van der Waals surface area contributed by atoms with Crippen LogP contribution in [-0.2, 0) is 13.0 Å². The van der Waals surface area contributed by atoms with Gasteiger partial charge < -0.3 is 5.32 Å². The number of carbonyl (C=O) groups excluding carboxylic acids is 1. The van der Waals surface area contributed by atoms with Gasteiger partial charge in [-0.2, -0.15) is 5.10 Å². The molecule has 0 spiro atoms. The minimum atomic E-state index is -0.127. The summed E-state index contributed by atoms with van der Waals surface area (Å²) in [6, 6.07) is 11.3. The van der Waals surface area contributed by atoms with Gasteiger partial charge in [0.1, 0.15) is 0 Å². The number of carbonyl (C=O) groups is 1. The van der Waals surface area contributed by atoms with E-state index in [1.165, 1.54) is 0 Å². The quantitative estimate of drug-likeness (QED) is 0.681. The number of rotatable bonds is 6. The zero-order chi connectivity index (χ0) is 19.4. The molecule has 0 aliphatic heterocycles. The normalized spacial score (nSPS) is 11.0. The average Bonchev–Trinajstić information content (AvgIpc) is 3.07.